The topological polar surface area (TPSA) is 0 Å². The molecule has 0 fully saturated rings. The van der Waals surface area contributed by atoms with Crippen molar-refractivity contribution < 1.29 is 0 Å². The fraction of sp³-hybridized carbons (Fsp3) is 0.333. The van der Waals surface area contributed by atoms with E-state index in [2.05, 4.69) is 108 Å². The standard InChI is InChI=1S/C25H30.C2H6/c1-19-10-7-8-12-22(19)13-9-11-20(2)23-14-16-24(17-15-23)21(3)18-25(4,5)6;1-2/h7-12,14-18H,2,13H2,1,3-6H3;1-2H3/b11-9?,21-18+;. The number of hydrogen-bond acceptors (Lipinski definition) is 0. The number of rotatable bonds is 5. The van der Waals surface area contributed by atoms with Crippen LogP contribution in [0.5, 0.6) is 0 Å². The molecule has 0 bridgehead atoms. The largest absolute Gasteiger partial charge is 0.0912 e. The molecule has 0 radical (unpaired) electrons. The first-order valence-corrected chi connectivity index (χ1v) is 9.96. The number of benzene rings is 2. The van der Waals surface area contributed by atoms with Gasteiger partial charge in [0, 0.05) is 0 Å². The molecule has 0 unspecified atom stereocenters. The maximum absolute atomic E-state index is 4.21. The Hall–Kier alpha value is -2.34. The van der Waals surface area contributed by atoms with E-state index in [1.807, 2.05) is 13.8 Å². The molecule has 0 heterocycles. The third-order valence-corrected chi connectivity index (χ3v) is 4.28. The fourth-order valence-electron chi connectivity index (χ4n) is 2.94. The van der Waals surface area contributed by atoms with Crippen LogP contribution in [0, 0.1) is 12.3 Å². The molecule has 27 heavy (non-hydrogen) atoms. The summed E-state index contributed by atoms with van der Waals surface area (Å²) in [6.07, 6.45) is 7.58. The first kappa shape index (κ1) is 22.7. The summed E-state index contributed by atoms with van der Waals surface area (Å²) < 4.78 is 0. The molecule has 0 aliphatic carbocycles. The molecule has 0 saturated heterocycles. The second kappa shape index (κ2) is 10.7. The third kappa shape index (κ3) is 7.83. The van der Waals surface area contributed by atoms with Crippen LogP contribution in [0.15, 0.2) is 73.3 Å². The summed E-state index contributed by atoms with van der Waals surface area (Å²) in [5.74, 6) is 0. The average molecular weight is 361 g/mol. The van der Waals surface area contributed by atoms with Crippen molar-refractivity contribution in [1.29, 1.82) is 0 Å². The molecule has 0 atom stereocenters. The third-order valence-electron chi connectivity index (χ3n) is 4.28. The highest BCUT2D eigenvalue weighted by Gasteiger charge is 2.07. The molecule has 0 heteroatoms. The fourth-order valence-corrected chi connectivity index (χ4v) is 2.94. The van der Waals surface area contributed by atoms with Crippen molar-refractivity contribution in [2.45, 2.75) is 54.9 Å². The van der Waals surface area contributed by atoms with Gasteiger partial charge < -0.3 is 0 Å². The minimum atomic E-state index is 0.199. The molecule has 144 valence electrons. The lowest BCUT2D eigenvalue weighted by Crippen LogP contribution is -2.00. The van der Waals surface area contributed by atoms with Crippen molar-refractivity contribution in [1.82, 2.24) is 0 Å². The predicted octanol–water partition coefficient (Wildman–Crippen LogP) is 8.28. The Morgan fingerprint density at radius 1 is 0.926 bits per heavy atom. The summed E-state index contributed by atoms with van der Waals surface area (Å²) in [5.41, 5.74) is 7.72. The maximum atomic E-state index is 4.21. The second-order valence-electron chi connectivity index (χ2n) is 7.83. The van der Waals surface area contributed by atoms with E-state index in [1.54, 1.807) is 0 Å². The van der Waals surface area contributed by atoms with Crippen LogP contribution in [0.2, 0.25) is 0 Å². The molecule has 0 saturated carbocycles. The normalized spacial score (nSPS) is 11.9. The van der Waals surface area contributed by atoms with Crippen LogP contribution >= 0.6 is 0 Å². The van der Waals surface area contributed by atoms with Gasteiger partial charge in [-0.3, -0.25) is 0 Å². The van der Waals surface area contributed by atoms with Gasteiger partial charge in [-0.05, 0) is 59.1 Å². The second-order valence-corrected chi connectivity index (χ2v) is 7.83. The van der Waals surface area contributed by atoms with Crippen molar-refractivity contribution in [3.8, 4) is 0 Å². The van der Waals surface area contributed by atoms with E-state index in [0.717, 1.165) is 12.0 Å². The molecule has 0 aliphatic heterocycles. The summed E-state index contributed by atoms with van der Waals surface area (Å²) in [4.78, 5) is 0. The quantitative estimate of drug-likeness (QED) is 0.470. The molecule has 0 N–H and O–H groups in total. The van der Waals surface area contributed by atoms with Crippen LogP contribution in [0.25, 0.3) is 11.1 Å². The van der Waals surface area contributed by atoms with E-state index in [1.165, 1.54) is 27.8 Å². The van der Waals surface area contributed by atoms with Gasteiger partial charge in [-0.2, -0.15) is 0 Å². The zero-order chi connectivity index (χ0) is 20.4. The number of hydrogen-bond donors (Lipinski definition) is 0. The highest BCUT2D eigenvalue weighted by atomic mass is 14.1. The molecule has 0 spiro atoms. The Balaban J connectivity index is 0.00000176. The zero-order valence-electron chi connectivity index (χ0n) is 18.3. The predicted molar refractivity (Wildman–Crippen MR) is 124 cm³/mol. The van der Waals surface area contributed by atoms with Gasteiger partial charge in [-0.1, -0.05) is 108 Å². The minimum absolute atomic E-state index is 0.199. The Bertz CT molecular complexity index is 778. The van der Waals surface area contributed by atoms with E-state index in [4.69, 9.17) is 0 Å². The van der Waals surface area contributed by atoms with Crippen molar-refractivity contribution in [3.05, 3.63) is 95.6 Å². The Morgan fingerprint density at radius 3 is 2.04 bits per heavy atom. The Morgan fingerprint density at radius 2 is 1.48 bits per heavy atom. The van der Waals surface area contributed by atoms with Gasteiger partial charge in [0.1, 0.15) is 0 Å². The molecule has 0 aromatic heterocycles. The van der Waals surface area contributed by atoms with E-state index in [9.17, 15) is 0 Å². The molecule has 0 aliphatic rings. The van der Waals surface area contributed by atoms with Crippen LogP contribution < -0.4 is 0 Å². The van der Waals surface area contributed by atoms with Gasteiger partial charge in [-0.25, -0.2) is 0 Å². The molecule has 0 amide bonds. The lowest BCUT2D eigenvalue weighted by Gasteiger charge is -2.14. The van der Waals surface area contributed by atoms with Gasteiger partial charge in [0.15, 0.2) is 0 Å². The summed E-state index contributed by atoms with van der Waals surface area (Å²) in [6.45, 7) is 19.2. The van der Waals surface area contributed by atoms with Crippen molar-refractivity contribution in [3.63, 3.8) is 0 Å². The lowest BCUT2D eigenvalue weighted by atomic mass is 9.91. The van der Waals surface area contributed by atoms with Gasteiger partial charge in [-0.15, -0.1) is 0 Å². The Kier molecular flexibility index (Phi) is 9.02. The highest BCUT2D eigenvalue weighted by molar-refractivity contribution is 5.74. The first-order chi connectivity index (χ1) is 12.8. The summed E-state index contributed by atoms with van der Waals surface area (Å²) in [6, 6.07) is 17.2. The van der Waals surface area contributed by atoms with Crippen LogP contribution in [0.4, 0.5) is 0 Å². The zero-order valence-corrected chi connectivity index (χ0v) is 18.3. The SMILES string of the molecule is C=C(C=CCc1ccccc1C)c1ccc(/C(C)=C/C(C)(C)C)cc1.CC. The molecule has 2 rings (SSSR count). The molecular weight excluding hydrogens is 324 g/mol. The van der Waals surface area contributed by atoms with E-state index < -0.39 is 0 Å². The maximum Gasteiger partial charge on any atom is -0.00915 e. The first-order valence-electron chi connectivity index (χ1n) is 9.96. The van der Waals surface area contributed by atoms with Crippen LogP contribution in [-0.4, -0.2) is 0 Å². The summed E-state index contributed by atoms with van der Waals surface area (Å²) in [5, 5.41) is 0. The lowest BCUT2D eigenvalue weighted by molar-refractivity contribution is 0.545. The van der Waals surface area contributed by atoms with Gasteiger partial charge in [0.25, 0.3) is 0 Å². The Labute approximate surface area is 167 Å². The van der Waals surface area contributed by atoms with Crippen molar-refractivity contribution >= 4 is 11.1 Å². The minimum Gasteiger partial charge on any atom is -0.0912 e. The summed E-state index contributed by atoms with van der Waals surface area (Å²) in [7, 11) is 0. The molecule has 2 aromatic rings. The highest BCUT2D eigenvalue weighted by Crippen LogP contribution is 2.24. The van der Waals surface area contributed by atoms with Crippen LogP contribution in [-0.2, 0) is 6.42 Å². The van der Waals surface area contributed by atoms with E-state index in [-0.39, 0.29) is 5.41 Å². The van der Waals surface area contributed by atoms with Crippen LogP contribution in [0.1, 0.15) is 63.8 Å². The van der Waals surface area contributed by atoms with Gasteiger partial charge >= 0.3 is 0 Å². The number of aryl methyl sites for hydroxylation is 1. The van der Waals surface area contributed by atoms with Crippen molar-refractivity contribution in [2.75, 3.05) is 0 Å². The van der Waals surface area contributed by atoms with Crippen LogP contribution in [0.3, 0.4) is 0 Å². The molecule has 2 aromatic carbocycles. The van der Waals surface area contributed by atoms with Gasteiger partial charge in [0.05, 0.1) is 0 Å². The monoisotopic (exact) mass is 360 g/mol. The summed E-state index contributed by atoms with van der Waals surface area (Å²) >= 11 is 0. The number of allylic oxidation sites excluding steroid dienone is 5. The van der Waals surface area contributed by atoms with E-state index >= 15 is 0 Å². The van der Waals surface area contributed by atoms with Gasteiger partial charge in [0.2, 0.25) is 0 Å². The average Bonchev–Trinajstić information content (AvgIpc) is 2.63. The van der Waals surface area contributed by atoms with E-state index in [0.29, 0.717) is 0 Å². The molecular formula is C27H36. The van der Waals surface area contributed by atoms with Crippen molar-refractivity contribution in [2.24, 2.45) is 5.41 Å². The molecule has 0 nitrogen and oxygen atoms in total. The smallest absolute Gasteiger partial charge is 0.00915 e.